The molecule has 0 saturated heterocycles. The number of hydrogen-bond donors (Lipinski definition) is 0. The van der Waals surface area contributed by atoms with Crippen LogP contribution in [0, 0.1) is 0 Å². The van der Waals surface area contributed by atoms with E-state index in [2.05, 4.69) is 15.9 Å². The van der Waals surface area contributed by atoms with Gasteiger partial charge in [0.05, 0.1) is 18.9 Å². The Kier molecular flexibility index (Phi) is 5.19. The first-order chi connectivity index (χ1) is 7.67. The molecule has 0 aromatic heterocycles. The van der Waals surface area contributed by atoms with E-state index < -0.39 is 5.92 Å². The lowest BCUT2D eigenvalue weighted by Gasteiger charge is -2.10. The molecular weight excluding hydrogens is 272 g/mol. The molecule has 1 atom stereocenters. The van der Waals surface area contributed by atoms with Crippen molar-refractivity contribution in [1.29, 1.82) is 0 Å². The van der Waals surface area contributed by atoms with Gasteiger partial charge in [-0.15, -0.1) is 0 Å². The summed E-state index contributed by atoms with van der Waals surface area (Å²) < 4.78 is 5.71. The number of ether oxygens (including phenoxy) is 1. The van der Waals surface area contributed by atoms with Gasteiger partial charge >= 0.3 is 5.97 Å². The Labute approximate surface area is 103 Å². The predicted octanol–water partition coefficient (Wildman–Crippen LogP) is 2.68. The molecule has 0 N–H and O–H groups in total. The molecule has 1 rings (SSSR count). The average Bonchev–Trinajstić information content (AvgIpc) is 2.26. The summed E-state index contributed by atoms with van der Waals surface area (Å²) in [5, 5.41) is 0. The van der Waals surface area contributed by atoms with Gasteiger partial charge in [0.25, 0.3) is 0 Å². The first-order valence-electron chi connectivity index (χ1n) is 5.03. The molecule has 1 unspecified atom stereocenters. The van der Waals surface area contributed by atoms with Crippen LogP contribution < -0.4 is 0 Å². The fraction of sp³-hybridized carbons (Fsp3) is 0.333. The summed E-state index contributed by atoms with van der Waals surface area (Å²) in [6, 6.07) is 7.36. The van der Waals surface area contributed by atoms with E-state index in [9.17, 15) is 9.59 Å². The fourth-order valence-electron chi connectivity index (χ4n) is 1.38. The molecule has 86 valence electrons. The molecule has 1 aromatic rings. The van der Waals surface area contributed by atoms with E-state index in [0.29, 0.717) is 6.61 Å². The lowest BCUT2D eigenvalue weighted by atomic mass is 9.97. The summed E-state index contributed by atoms with van der Waals surface area (Å²) in [5.74, 6) is -0.781. The Morgan fingerprint density at radius 1 is 1.56 bits per heavy atom. The number of rotatable bonds is 5. The van der Waals surface area contributed by atoms with Gasteiger partial charge < -0.3 is 9.53 Å². The Morgan fingerprint density at radius 2 is 2.31 bits per heavy atom. The number of halogens is 1. The van der Waals surface area contributed by atoms with Crippen LogP contribution in [0.3, 0.4) is 0 Å². The van der Waals surface area contributed by atoms with E-state index in [0.717, 1.165) is 16.3 Å². The highest BCUT2D eigenvalue weighted by Crippen LogP contribution is 2.21. The number of hydrogen-bond acceptors (Lipinski definition) is 3. The van der Waals surface area contributed by atoms with Crippen LogP contribution in [0.2, 0.25) is 0 Å². The molecule has 0 amide bonds. The second-order valence-corrected chi connectivity index (χ2v) is 4.22. The molecule has 0 radical (unpaired) electrons. The molecular formula is C12H13BrO3. The van der Waals surface area contributed by atoms with Crippen LogP contribution in [-0.2, 0) is 14.3 Å². The largest absolute Gasteiger partial charge is 0.466 e. The molecule has 1 aromatic carbocycles. The van der Waals surface area contributed by atoms with E-state index >= 15 is 0 Å². The monoisotopic (exact) mass is 284 g/mol. The van der Waals surface area contributed by atoms with Crippen molar-refractivity contribution in [1.82, 2.24) is 0 Å². The fourth-order valence-corrected chi connectivity index (χ4v) is 1.80. The molecule has 0 saturated carbocycles. The zero-order valence-corrected chi connectivity index (χ0v) is 10.6. The van der Waals surface area contributed by atoms with E-state index in [-0.39, 0.29) is 12.4 Å². The quantitative estimate of drug-likeness (QED) is 0.617. The maximum Gasteiger partial charge on any atom is 0.306 e. The highest BCUT2D eigenvalue weighted by atomic mass is 79.9. The van der Waals surface area contributed by atoms with Gasteiger partial charge in [-0.3, -0.25) is 4.79 Å². The highest BCUT2D eigenvalue weighted by molar-refractivity contribution is 9.10. The van der Waals surface area contributed by atoms with Crippen molar-refractivity contribution in [3.8, 4) is 0 Å². The normalized spacial score (nSPS) is 11.9. The van der Waals surface area contributed by atoms with Crippen LogP contribution in [0.5, 0.6) is 0 Å². The van der Waals surface area contributed by atoms with Crippen LogP contribution in [0.15, 0.2) is 28.7 Å². The highest BCUT2D eigenvalue weighted by Gasteiger charge is 2.16. The topological polar surface area (TPSA) is 43.4 Å². The zero-order chi connectivity index (χ0) is 12.0. The van der Waals surface area contributed by atoms with E-state index in [1.54, 1.807) is 6.92 Å². The maximum absolute atomic E-state index is 11.3. The SMILES string of the molecule is CCOC(=O)CC(C=O)c1cccc(Br)c1. The number of carbonyl (C=O) groups excluding carboxylic acids is 2. The molecule has 4 heteroatoms. The smallest absolute Gasteiger partial charge is 0.306 e. The molecule has 0 aliphatic carbocycles. The molecule has 0 bridgehead atoms. The first kappa shape index (κ1) is 12.9. The summed E-state index contributed by atoms with van der Waals surface area (Å²) in [7, 11) is 0. The lowest BCUT2D eigenvalue weighted by molar-refractivity contribution is -0.144. The van der Waals surface area contributed by atoms with Crippen LogP contribution in [0.1, 0.15) is 24.8 Å². The van der Waals surface area contributed by atoms with Gasteiger partial charge in [-0.25, -0.2) is 0 Å². The van der Waals surface area contributed by atoms with E-state index in [4.69, 9.17) is 4.74 Å². The first-order valence-corrected chi connectivity index (χ1v) is 5.83. The summed E-state index contributed by atoms with van der Waals surface area (Å²) in [6.07, 6.45) is 0.868. The van der Waals surface area contributed by atoms with Crippen LogP contribution in [-0.4, -0.2) is 18.9 Å². The number of carbonyl (C=O) groups is 2. The summed E-state index contributed by atoms with van der Waals surface area (Å²) in [6.45, 7) is 2.08. The third kappa shape index (κ3) is 3.77. The molecule has 0 fully saturated rings. The summed E-state index contributed by atoms with van der Waals surface area (Å²) >= 11 is 3.32. The van der Waals surface area contributed by atoms with Gasteiger partial charge in [-0.1, -0.05) is 28.1 Å². The minimum absolute atomic E-state index is 0.0911. The van der Waals surface area contributed by atoms with Gasteiger partial charge in [0.1, 0.15) is 6.29 Å². The van der Waals surface area contributed by atoms with Crippen molar-refractivity contribution in [2.75, 3.05) is 6.61 Å². The van der Waals surface area contributed by atoms with Crippen molar-refractivity contribution < 1.29 is 14.3 Å². The minimum Gasteiger partial charge on any atom is -0.466 e. The van der Waals surface area contributed by atoms with Crippen LogP contribution in [0.25, 0.3) is 0 Å². The summed E-state index contributed by atoms with van der Waals surface area (Å²) in [4.78, 5) is 22.2. The number of esters is 1. The van der Waals surface area contributed by atoms with Crippen molar-refractivity contribution in [3.63, 3.8) is 0 Å². The second kappa shape index (κ2) is 6.43. The Hall–Kier alpha value is -1.16. The average molecular weight is 285 g/mol. The Balaban J connectivity index is 2.74. The van der Waals surface area contributed by atoms with E-state index in [1.807, 2.05) is 24.3 Å². The van der Waals surface area contributed by atoms with Gasteiger partial charge in [0.2, 0.25) is 0 Å². The predicted molar refractivity (Wildman–Crippen MR) is 64.2 cm³/mol. The standard InChI is InChI=1S/C12H13BrO3/c1-2-16-12(15)7-10(8-14)9-4-3-5-11(13)6-9/h3-6,8,10H,2,7H2,1H3. The minimum atomic E-state index is -0.434. The molecule has 3 nitrogen and oxygen atoms in total. The van der Waals surface area contributed by atoms with Crippen molar-refractivity contribution in [2.24, 2.45) is 0 Å². The van der Waals surface area contributed by atoms with Crippen molar-refractivity contribution >= 4 is 28.2 Å². The van der Waals surface area contributed by atoms with E-state index in [1.165, 1.54) is 0 Å². The third-order valence-corrected chi connectivity index (χ3v) is 2.63. The van der Waals surface area contributed by atoms with Gasteiger partial charge in [0, 0.05) is 4.47 Å². The summed E-state index contributed by atoms with van der Waals surface area (Å²) in [5.41, 5.74) is 0.817. The molecule has 16 heavy (non-hydrogen) atoms. The van der Waals surface area contributed by atoms with Gasteiger partial charge in [-0.2, -0.15) is 0 Å². The second-order valence-electron chi connectivity index (χ2n) is 3.31. The molecule has 0 aliphatic heterocycles. The molecule has 0 spiro atoms. The van der Waals surface area contributed by atoms with Crippen LogP contribution in [0.4, 0.5) is 0 Å². The molecule has 0 heterocycles. The number of aldehydes is 1. The van der Waals surface area contributed by atoms with Gasteiger partial charge in [-0.05, 0) is 24.6 Å². The van der Waals surface area contributed by atoms with Crippen molar-refractivity contribution in [3.05, 3.63) is 34.3 Å². The lowest BCUT2D eigenvalue weighted by Crippen LogP contribution is -2.11. The Morgan fingerprint density at radius 3 is 2.88 bits per heavy atom. The van der Waals surface area contributed by atoms with Crippen LogP contribution >= 0.6 is 15.9 Å². The maximum atomic E-state index is 11.3. The van der Waals surface area contributed by atoms with Gasteiger partial charge in [0.15, 0.2) is 0 Å². The zero-order valence-electron chi connectivity index (χ0n) is 8.98. The third-order valence-electron chi connectivity index (χ3n) is 2.13. The Bertz CT molecular complexity index is 376. The number of benzene rings is 1. The van der Waals surface area contributed by atoms with Crippen molar-refractivity contribution in [2.45, 2.75) is 19.3 Å². The molecule has 0 aliphatic rings.